The Kier molecular flexibility index (Phi) is 8.15. The van der Waals surface area contributed by atoms with Crippen molar-refractivity contribution in [3.05, 3.63) is 26.6 Å². The fraction of sp³-hybridized carbons (Fsp3) is 0.625. The molecule has 1 aromatic carbocycles. The molecule has 1 N–H and O–H groups in total. The molecule has 0 fully saturated rings. The lowest BCUT2D eigenvalue weighted by Gasteiger charge is -2.17. The smallest absolute Gasteiger partial charge is 0.148 e. The Balaban J connectivity index is 2.70. The normalized spacial score (nSPS) is 12.8. The van der Waals surface area contributed by atoms with Crippen LogP contribution in [0.5, 0.6) is 5.75 Å². The molecule has 0 spiro atoms. The van der Waals surface area contributed by atoms with Crippen LogP contribution in [0.4, 0.5) is 0 Å². The first-order chi connectivity index (χ1) is 9.43. The summed E-state index contributed by atoms with van der Waals surface area (Å²) in [6.45, 7) is 10.6. The molecule has 1 atom stereocenters. The maximum Gasteiger partial charge on any atom is 0.148 e. The summed E-state index contributed by atoms with van der Waals surface area (Å²) >= 11 is 7.23. The Bertz CT molecular complexity index is 398. The molecule has 0 radical (unpaired) electrons. The molecule has 2 nitrogen and oxygen atoms in total. The van der Waals surface area contributed by atoms with E-state index < -0.39 is 0 Å². The second-order valence-electron chi connectivity index (χ2n) is 5.63. The second-order valence-corrected chi connectivity index (χ2v) is 7.34. The first-order valence-electron chi connectivity index (χ1n) is 7.29. The van der Waals surface area contributed by atoms with Gasteiger partial charge in [0.05, 0.1) is 15.0 Å². The lowest BCUT2D eigenvalue weighted by Crippen LogP contribution is -2.19. The molecule has 0 aliphatic rings. The predicted molar refractivity (Wildman–Crippen MR) is 93.4 cm³/mol. The van der Waals surface area contributed by atoms with Crippen LogP contribution < -0.4 is 10.1 Å². The van der Waals surface area contributed by atoms with Crippen molar-refractivity contribution < 1.29 is 4.74 Å². The van der Waals surface area contributed by atoms with Gasteiger partial charge in [0.15, 0.2) is 0 Å². The highest BCUT2D eigenvalue weighted by molar-refractivity contribution is 9.11. The second kappa shape index (κ2) is 9.06. The van der Waals surface area contributed by atoms with Gasteiger partial charge in [-0.2, -0.15) is 0 Å². The van der Waals surface area contributed by atoms with Gasteiger partial charge in [-0.05, 0) is 75.4 Å². The van der Waals surface area contributed by atoms with Crippen molar-refractivity contribution in [2.45, 2.75) is 53.2 Å². The molecule has 0 bridgehead atoms. The largest absolute Gasteiger partial charge is 0.488 e. The van der Waals surface area contributed by atoms with E-state index in [1.54, 1.807) is 0 Å². The van der Waals surface area contributed by atoms with Crippen LogP contribution in [0.15, 0.2) is 21.1 Å². The molecular formula is C16H25Br2NO. The zero-order valence-electron chi connectivity index (χ0n) is 12.8. The summed E-state index contributed by atoms with van der Waals surface area (Å²) in [6.07, 6.45) is 2.43. The maximum absolute atomic E-state index is 6.00. The van der Waals surface area contributed by atoms with Gasteiger partial charge in [-0.25, -0.2) is 0 Å². The van der Waals surface area contributed by atoms with Crippen molar-refractivity contribution in [2.75, 3.05) is 6.54 Å². The molecule has 0 saturated carbocycles. The Hall–Kier alpha value is -0.0600. The minimum Gasteiger partial charge on any atom is -0.488 e. The number of nitrogens with one attached hydrogen (secondary N) is 1. The molecule has 1 unspecified atom stereocenters. The van der Waals surface area contributed by atoms with Gasteiger partial charge in [0.2, 0.25) is 0 Å². The van der Waals surface area contributed by atoms with Crippen LogP contribution in [0.1, 0.15) is 46.1 Å². The molecule has 1 rings (SSSR count). The third-order valence-corrected chi connectivity index (χ3v) is 4.13. The summed E-state index contributed by atoms with van der Waals surface area (Å²) in [4.78, 5) is 0. The van der Waals surface area contributed by atoms with Crippen LogP contribution in [0.3, 0.4) is 0 Å². The van der Waals surface area contributed by atoms with Crippen molar-refractivity contribution in [1.29, 1.82) is 0 Å². The third kappa shape index (κ3) is 6.15. The lowest BCUT2D eigenvalue weighted by atomic mass is 10.2. The van der Waals surface area contributed by atoms with Gasteiger partial charge in [-0.3, -0.25) is 0 Å². The average Bonchev–Trinajstić information content (AvgIpc) is 2.34. The van der Waals surface area contributed by atoms with Crippen molar-refractivity contribution in [2.24, 2.45) is 5.92 Å². The first-order valence-corrected chi connectivity index (χ1v) is 8.87. The third-order valence-electron chi connectivity index (χ3n) is 2.95. The standard InChI is InChI=1S/C16H25Br2NO/c1-5-6-12(4)20-16-14(17)7-13(8-15(16)18)10-19-9-11(2)3/h7-8,11-12,19H,5-6,9-10H2,1-4H3. The average molecular weight is 407 g/mol. The van der Waals surface area contributed by atoms with Gasteiger partial charge in [0.25, 0.3) is 0 Å². The molecule has 1 aromatic rings. The number of ether oxygens (including phenoxy) is 1. The highest BCUT2D eigenvalue weighted by Crippen LogP contribution is 2.35. The Morgan fingerprint density at radius 3 is 2.25 bits per heavy atom. The molecule has 0 aromatic heterocycles. The minimum absolute atomic E-state index is 0.234. The summed E-state index contributed by atoms with van der Waals surface area (Å²) in [6, 6.07) is 4.26. The van der Waals surface area contributed by atoms with Crippen LogP contribution in [0.25, 0.3) is 0 Å². The van der Waals surface area contributed by atoms with E-state index in [4.69, 9.17) is 4.74 Å². The summed E-state index contributed by atoms with van der Waals surface area (Å²) in [7, 11) is 0. The van der Waals surface area contributed by atoms with E-state index in [0.29, 0.717) is 5.92 Å². The van der Waals surface area contributed by atoms with Gasteiger partial charge >= 0.3 is 0 Å². The summed E-state index contributed by atoms with van der Waals surface area (Å²) in [5.74, 6) is 1.57. The molecule has 0 amide bonds. The highest BCUT2D eigenvalue weighted by atomic mass is 79.9. The maximum atomic E-state index is 6.00. The molecule has 20 heavy (non-hydrogen) atoms. The topological polar surface area (TPSA) is 21.3 Å². The number of halogens is 2. The zero-order valence-corrected chi connectivity index (χ0v) is 16.0. The van der Waals surface area contributed by atoms with E-state index in [-0.39, 0.29) is 6.10 Å². The van der Waals surface area contributed by atoms with E-state index in [1.807, 2.05) is 0 Å². The van der Waals surface area contributed by atoms with Crippen LogP contribution in [0.2, 0.25) is 0 Å². The van der Waals surface area contributed by atoms with Gasteiger partial charge in [0.1, 0.15) is 5.75 Å². The monoisotopic (exact) mass is 405 g/mol. The van der Waals surface area contributed by atoms with E-state index in [1.165, 1.54) is 5.56 Å². The van der Waals surface area contributed by atoms with Crippen molar-refractivity contribution >= 4 is 31.9 Å². The quantitative estimate of drug-likeness (QED) is 0.613. The summed E-state index contributed by atoms with van der Waals surface area (Å²) in [5, 5.41) is 3.45. The molecule has 4 heteroatoms. The fourth-order valence-corrected chi connectivity index (χ4v) is 3.47. The number of benzene rings is 1. The number of rotatable bonds is 8. The SMILES string of the molecule is CCCC(C)Oc1c(Br)cc(CNCC(C)C)cc1Br. The van der Waals surface area contributed by atoms with E-state index in [0.717, 1.165) is 40.6 Å². The molecule has 0 saturated heterocycles. The summed E-state index contributed by atoms with van der Waals surface area (Å²) < 4.78 is 8.02. The number of hydrogen-bond acceptors (Lipinski definition) is 2. The predicted octanol–water partition coefficient (Wildman–Crippen LogP) is 5.52. The molecule has 0 aliphatic carbocycles. The van der Waals surface area contributed by atoms with Gasteiger partial charge in [0, 0.05) is 6.54 Å². The van der Waals surface area contributed by atoms with Crippen LogP contribution in [0, 0.1) is 5.92 Å². The van der Waals surface area contributed by atoms with Crippen LogP contribution in [-0.2, 0) is 6.54 Å². The first kappa shape index (κ1) is 18.0. The zero-order chi connectivity index (χ0) is 15.1. The van der Waals surface area contributed by atoms with Gasteiger partial charge < -0.3 is 10.1 Å². The lowest BCUT2D eigenvalue weighted by molar-refractivity contribution is 0.207. The minimum atomic E-state index is 0.234. The molecule has 114 valence electrons. The Labute approximate surface area is 139 Å². The number of hydrogen-bond donors (Lipinski definition) is 1. The summed E-state index contributed by atoms with van der Waals surface area (Å²) in [5.41, 5.74) is 1.25. The van der Waals surface area contributed by atoms with Crippen LogP contribution >= 0.6 is 31.9 Å². The van der Waals surface area contributed by atoms with Crippen LogP contribution in [-0.4, -0.2) is 12.6 Å². The Morgan fingerprint density at radius 1 is 1.15 bits per heavy atom. The highest BCUT2D eigenvalue weighted by Gasteiger charge is 2.12. The van der Waals surface area contributed by atoms with E-state index >= 15 is 0 Å². The van der Waals surface area contributed by atoms with E-state index in [9.17, 15) is 0 Å². The molecule has 0 aliphatic heterocycles. The fourth-order valence-electron chi connectivity index (χ4n) is 2.00. The molecule has 0 heterocycles. The van der Waals surface area contributed by atoms with Crippen molar-refractivity contribution in [3.8, 4) is 5.75 Å². The Morgan fingerprint density at radius 2 is 1.75 bits per heavy atom. The van der Waals surface area contributed by atoms with E-state index in [2.05, 4.69) is 77.0 Å². The van der Waals surface area contributed by atoms with Crippen molar-refractivity contribution in [3.63, 3.8) is 0 Å². The molecular weight excluding hydrogens is 382 g/mol. The van der Waals surface area contributed by atoms with Gasteiger partial charge in [-0.15, -0.1) is 0 Å². The van der Waals surface area contributed by atoms with Crippen molar-refractivity contribution in [1.82, 2.24) is 5.32 Å². The van der Waals surface area contributed by atoms with Gasteiger partial charge in [-0.1, -0.05) is 27.2 Å².